The molecule has 0 saturated carbocycles. The summed E-state index contributed by atoms with van der Waals surface area (Å²) < 4.78 is 148. The molecule has 0 aromatic heterocycles. The molecule has 2 heterocycles. The van der Waals surface area contributed by atoms with Crippen molar-refractivity contribution in [2.45, 2.75) is 70.9 Å². The summed E-state index contributed by atoms with van der Waals surface area (Å²) in [5.74, 6) is -2.94. The monoisotopic (exact) mass is 1300 g/mol. The maximum absolute atomic E-state index is 15.7. The Morgan fingerprint density at radius 1 is 0.744 bits per heavy atom. The Balaban J connectivity index is 0.00000459. The number of aliphatic carboxylic acids is 1. The number of hydrogen-bond acceptors (Lipinski definition) is 24. The number of nitrogens with zero attached hydrogens (tertiary/aromatic N) is 2. The van der Waals surface area contributed by atoms with E-state index in [4.69, 9.17) is 4.74 Å². The van der Waals surface area contributed by atoms with E-state index < -0.39 is 75.1 Å². The van der Waals surface area contributed by atoms with E-state index in [1.807, 2.05) is 4.58 Å². The maximum Gasteiger partial charge on any atom is 1.00 e. The molecule has 0 aliphatic carbocycles. The molecule has 0 bridgehead atoms. The summed E-state index contributed by atoms with van der Waals surface area (Å²) in [6, 6.07) is 14.4. The first kappa shape index (κ1) is 78.0. The zero-order valence-corrected chi connectivity index (χ0v) is 60.3. The van der Waals surface area contributed by atoms with Crippen molar-refractivity contribution in [2.24, 2.45) is 0 Å². The van der Waals surface area contributed by atoms with Gasteiger partial charge >= 0.3 is 154 Å². The van der Waals surface area contributed by atoms with Crippen molar-refractivity contribution >= 4 is 117 Å². The SMILES string of the molecule is CC1(C)C(/C=C/C(=C/C=C2/N(CCCS(=O)(=O)[O-])c3ccc4c(S(=O)(=O)[O-])cc(SOO[O-])cc4c3C2(C)C)c2cc(F)cc(OCC(=O)O)c2)=[N+](CCCSOO[O-])c2ccc3c(SOO[O-])cc(S(=O)(=O)[O-])cc3c21.[Na+].[Na+].[Na+].[Na+].[Na+]. The normalized spacial score (nSPS) is 15.1. The third-order valence-corrected chi connectivity index (χ3v) is 16.8. The van der Waals surface area contributed by atoms with Crippen LogP contribution in [0, 0.1) is 5.82 Å². The molecule has 2 aliphatic heterocycles. The van der Waals surface area contributed by atoms with Gasteiger partial charge in [-0.25, -0.2) is 34.4 Å². The Morgan fingerprint density at radius 2 is 1.39 bits per heavy atom. The van der Waals surface area contributed by atoms with Crippen LogP contribution in [0.2, 0.25) is 0 Å². The average Bonchev–Trinajstić information content (AvgIpc) is 3.70. The summed E-state index contributed by atoms with van der Waals surface area (Å²) in [6.07, 6.45) is 6.56. The largest absolute Gasteiger partial charge is 1.00 e. The number of ether oxygens (including phenoxy) is 1. The minimum absolute atomic E-state index is 0. The standard InChI is InChI=1S/C47H47FN2O21S6.5Na/c1-46(2)42(50(16-6-18-75(56,57)58)38-12-10-34-35(44(38)46)22-31(73-70-67-54)23-40(34)77(62,63)64)14-8-27(28-19-29(48)21-30(20-28)65-26-43(51)52)7-13-41-47(3,4)45-36-24-32(76(59,60)61)25-39(74-71-68-55)33(36)9-11-37(45)49(41)15-5-17-72-69-66-53;;;;;/h7-14,19-25H,5-6,15-18,26H2,1-4H3,(H6-,51,52,53,54,55,56,57,58,59,60,61,62,63,64);;;;;/q;5*+1/p-5. The Labute approximate surface area is 594 Å². The molecule has 0 atom stereocenters. The van der Waals surface area contributed by atoms with Gasteiger partial charge in [-0.2, -0.15) is 17.6 Å². The van der Waals surface area contributed by atoms with E-state index in [1.165, 1.54) is 30.3 Å². The van der Waals surface area contributed by atoms with Crippen LogP contribution >= 0.6 is 36.1 Å². The van der Waals surface area contributed by atoms with Crippen molar-refractivity contribution in [2.75, 3.05) is 36.1 Å². The number of allylic oxidation sites excluding steroid dienone is 6. The Morgan fingerprint density at radius 3 is 2.01 bits per heavy atom. The summed E-state index contributed by atoms with van der Waals surface area (Å²) >= 11 is 1.43. The van der Waals surface area contributed by atoms with Crippen molar-refractivity contribution in [1.82, 2.24) is 0 Å². The van der Waals surface area contributed by atoms with E-state index in [9.17, 15) is 64.6 Å². The zero-order valence-electron chi connectivity index (χ0n) is 45.4. The molecule has 7 rings (SSSR count). The molecule has 0 saturated heterocycles. The predicted octanol–water partition coefficient (Wildman–Crippen LogP) is -10.2. The van der Waals surface area contributed by atoms with Crippen LogP contribution in [-0.2, 0) is 74.1 Å². The summed E-state index contributed by atoms with van der Waals surface area (Å²) in [7, 11) is -15.0. The number of carbonyl (C=O) groups is 1. The molecular formula is C47H42FN2Na5O21S6. The number of benzene rings is 5. The molecular weight excluding hydrogens is 1250 g/mol. The van der Waals surface area contributed by atoms with Crippen molar-refractivity contribution < 1.29 is 254 Å². The van der Waals surface area contributed by atoms with E-state index in [-0.39, 0.29) is 216 Å². The molecule has 414 valence electrons. The molecule has 35 heteroatoms. The summed E-state index contributed by atoms with van der Waals surface area (Å²) in [5, 5.41) is 53.0. The van der Waals surface area contributed by atoms with E-state index >= 15 is 4.39 Å². The van der Waals surface area contributed by atoms with E-state index in [1.54, 1.807) is 69.0 Å². The second-order valence-electron chi connectivity index (χ2n) is 18.0. The van der Waals surface area contributed by atoms with Gasteiger partial charge in [0.25, 0.3) is 0 Å². The van der Waals surface area contributed by atoms with Gasteiger partial charge in [0.2, 0.25) is 5.69 Å². The fourth-order valence-electron chi connectivity index (χ4n) is 9.61. The summed E-state index contributed by atoms with van der Waals surface area (Å²) in [5.41, 5.74) is 0.813. The molecule has 2 aliphatic rings. The molecule has 1 N–H and O–H groups in total. The van der Waals surface area contributed by atoms with Crippen molar-refractivity contribution in [1.29, 1.82) is 0 Å². The third-order valence-electron chi connectivity index (χ3n) is 12.5. The zero-order chi connectivity index (χ0) is 56.3. The minimum atomic E-state index is -5.18. The molecule has 0 radical (unpaired) electrons. The molecule has 82 heavy (non-hydrogen) atoms. The second kappa shape index (κ2) is 33.1. The van der Waals surface area contributed by atoms with Gasteiger partial charge in [-0.3, -0.25) is 15.1 Å². The number of carboxylic acid groups (broad SMARTS) is 1. The van der Waals surface area contributed by atoms with Gasteiger partial charge in [0.05, 0.1) is 49.4 Å². The van der Waals surface area contributed by atoms with Gasteiger partial charge in [-0.1, -0.05) is 26.0 Å². The van der Waals surface area contributed by atoms with E-state index in [0.29, 0.717) is 69.8 Å². The summed E-state index contributed by atoms with van der Waals surface area (Å²) in [6.45, 7) is 6.34. The van der Waals surface area contributed by atoms with Crippen LogP contribution in [-0.4, -0.2) is 91.5 Å². The second-order valence-corrected chi connectivity index (χ2v) is 24.6. The van der Waals surface area contributed by atoms with Crippen LogP contribution < -0.4 is 173 Å². The predicted molar refractivity (Wildman–Crippen MR) is 266 cm³/mol. The summed E-state index contributed by atoms with van der Waals surface area (Å²) in [4.78, 5) is 11.9. The number of carboxylic acids is 1. The molecule has 0 unspecified atom stereocenters. The number of anilines is 1. The van der Waals surface area contributed by atoms with E-state index in [2.05, 4.69) is 28.1 Å². The van der Waals surface area contributed by atoms with Crippen LogP contribution in [0.1, 0.15) is 57.2 Å². The third kappa shape index (κ3) is 18.8. The fraction of sp³-hybridized carbons (Fsp3) is 0.277. The Hall–Kier alpha value is -0.0700. The van der Waals surface area contributed by atoms with Crippen LogP contribution in [0.5, 0.6) is 5.75 Å². The van der Waals surface area contributed by atoms with Crippen molar-refractivity contribution in [3.63, 3.8) is 0 Å². The number of fused-ring (bicyclic) bond motifs is 6. The quantitative estimate of drug-likeness (QED) is 0.00829. The maximum atomic E-state index is 15.7. The van der Waals surface area contributed by atoms with Gasteiger partial charge in [0, 0.05) is 86.9 Å². The molecule has 23 nitrogen and oxygen atoms in total. The van der Waals surface area contributed by atoms with Crippen LogP contribution in [0.4, 0.5) is 15.8 Å². The Kier molecular flexibility index (Phi) is 31.5. The number of hydrogen-bond donors (Lipinski definition) is 1. The van der Waals surface area contributed by atoms with Gasteiger partial charge in [-0.05, 0) is 119 Å². The van der Waals surface area contributed by atoms with Crippen LogP contribution in [0.15, 0.2) is 116 Å². The first-order valence-corrected chi connectivity index (χ1v) is 29.1. The number of rotatable bonds is 25. The van der Waals surface area contributed by atoms with Gasteiger partial charge in [0.1, 0.15) is 38.3 Å². The molecule has 0 spiro atoms. The van der Waals surface area contributed by atoms with Gasteiger partial charge < -0.3 is 44.2 Å². The average molecular weight is 1300 g/mol. The van der Waals surface area contributed by atoms with Crippen LogP contribution in [0.25, 0.3) is 27.1 Å². The van der Waals surface area contributed by atoms with Gasteiger partial charge in [-0.15, -0.1) is 0 Å². The van der Waals surface area contributed by atoms with Crippen LogP contribution in [0.3, 0.4) is 0 Å². The topological polar surface area (TPSA) is 349 Å². The van der Waals surface area contributed by atoms with E-state index in [0.717, 1.165) is 36.3 Å². The fourth-order valence-corrected chi connectivity index (χ4v) is 12.8. The van der Waals surface area contributed by atoms with Crippen molar-refractivity contribution in [3.8, 4) is 5.75 Å². The molecule has 0 amide bonds. The molecule has 0 fully saturated rings. The Bertz CT molecular complexity index is 3630. The molecule has 5 aromatic carbocycles. The first-order chi connectivity index (χ1) is 36.2. The molecule has 5 aromatic rings. The van der Waals surface area contributed by atoms with Crippen molar-refractivity contribution in [3.05, 3.63) is 119 Å². The first-order valence-electron chi connectivity index (χ1n) is 22.3. The minimum Gasteiger partial charge on any atom is -0.748 e. The van der Waals surface area contributed by atoms with Gasteiger partial charge in [0.15, 0.2) is 12.3 Å². The smallest absolute Gasteiger partial charge is 0.748 e. The number of halogens is 1.